The summed E-state index contributed by atoms with van der Waals surface area (Å²) in [6, 6.07) is 3.97. The van der Waals surface area contributed by atoms with E-state index in [9.17, 15) is 8.78 Å². The van der Waals surface area contributed by atoms with Gasteiger partial charge in [0.25, 0.3) is 0 Å². The van der Waals surface area contributed by atoms with Crippen molar-refractivity contribution in [3.8, 4) is 5.69 Å². The van der Waals surface area contributed by atoms with Crippen molar-refractivity contribution >= 4 is 15.9 Å². The van der Waals surface area contributed by atoms with Crippen LogP contribution in [0, 0.1) is 11.6 Å². The fourth-order valence-electron chi connectivity index (χ4n) is 1.67. The highest BCUT2D eigenvalue weighted by Gasteiger charge is 2.11. The van der Waals surface area contributed by atoms with Gasteiger partial charge in [-0.1, -0.05) is 0 Å². The molecule has 0 saturated carbocycles. The maximum atomic E-state index is 13.7. The predicted molar refractivity (Wildman–Crippen MR) is 74.8 cm³/mol. The molecule has 0 unspecified atom stereocenters. The van der Waals surface area contributed by atoms with E-state index in [1.54, 1.807) is 19.4 Å². The highest BCUT2D eigenvalue weighted by molar-refractivity contribution is 9.10. The van der Waals surface area contributed by atoms with Gasteiger partial charge in [-0.2, -0.15) is 5.10 Å². The second-order valence-electron chi connectivity index (χ2n) is 4.14. The van der Waals surface area contributed by atoms with E-state index in [4.69, 9.17) is 4.74 Å². The lowest BCUT2D eigenvalue weighted by Crippen LogP contribution is -2.18. The summed E-state index contributed by atoms with van der Waals surface area (Å²) in [6.45, 7) is 1.88. The molecule has 1 aromatic carbocycles. The van der Waals surface area contributed by atoms with Gasteiger partial charge < -0.3 is 10.1 Å². The van der Waals surface area contributed by atoms with Gasteiger partial charge in [0.1, 0.15) is 11.5 Å². The first-order valence-corrected chi connectivity index (χ1v) is 6.80. The number of nitrogens with one attached hydrogen (secondary N) is 1. The van der Waals surface area contributed by atoms with Crippen LogP contribution in [0.4, 0.5) is 8.78 Å². The van der Waals surface area contributed by atoms with Crippen molar-refractivity contribution in [2.45, 2.75) is 6.54 Å². The normalized spacial score (nSPS) is 11.0. The third-order valence-corrected chi connectivity index (χ3v) is 3.28. The van der Waals surface area contributed by atoms with Crippen LogP contribution in [0.1, 0.15) is 5.69 Å². The summed E-state index contributed by atoms with van der Waals surface area (Å²) in [6.07, 6.45) is 1.64. The molecule has 20 heavy (non-hydrogen) atoms. The number of halogens is 3. The number of methoxy groups -OCH3 is 1. The van der Waals surface area contributed by atoms with Gasteiger partial charge in [0.2, 0.25) is 0 Å². The van der Waals surface area contributed by atoms with Crippen LogP contribution in [0.15, 0.2) is 28.9 Å². The Labute approximate surface area is 123 Å². The van der Waals surface area contributed by atoms with Crippen LogP contribution in [0.3, 0.4) is 0 Å². The lowest BCUT2D eigenvalue weighted by Gasteiger charge is -2.05. The number of aromatic nitrogens is 2. The van der Waals surface area contributed by atoms with E-state index in [-0.39, 0.29) is 10.2 Å². The molecule has 0 aliphatic rings. The molecule has 7 heteroatoms. The molecule has 2 rings (SSSR count). The van der Waals surface area contributed by atoms with E-state index in [2.05, 4.69) is 26.3 Å². The predicted octanol–water partition coefficient (Wildman–Crippen LogP) is 2.65. The van der Waals surface area contributed by atoms with E-state index in [1.165, 1.54) is 10.7 Å². The third-order valence-electron chi connectivity index (χ3n) is 2.67. The molecule has 1 heterocycles. The number of nitrogens with zero attached hydrogens (tertiary/aromatic N) is 2. The van der Waals surface area contributed by atoms with E-state index >= 15 is 0 Å². The Morgan fingerprint density at radius 1 is 1.35 bits per heavy atom. The van der Waals surface area contributed by atoms with Crippen molar-refractivity contribution in [3.63, 3.8) is 0 Å². The first-order chi connectivity index (χ1) is 9.61. The standard InChI is InChI=1S/C13H14BrF2N3O/c1-20-5-3-17-8-9-2-4-19(18-9)13-6-10(14)11(15)7-12(13)16/h2,4,6-7,17H,3,5,8H2,1H3. The second-order valence-corrected chi connectivity index (χ2v) is 4.99. The fraction of sp³-hybridized carbons (Fsp3) is 0.308. The van der Waals surface area contributed by atoms with Crippen LogP contribution in [0.5, 0.6) is 0 Å². The molecule has 4 nitrogen and oxygen atoms in total. The smallest absolute Gasteiger partial charge is 0.151 e. The fourth-order valence-corrected chi connectivity index (χ4v) is 2.00. The van der Waals surface area contributed by atoms with Crippen molar-refractivity contribution in [2.75, 3.05) is 20.3 Å². The van der Waals surface area contributed by atoms with Crippen molar-refractivity contribution in [2.24, 2.45) is 0 Å². The molecule has 1 N–H and O–H groups in total. The monoisotopic (exact) mass is 345 g/mol. The minimum Gasteiger partial charge on any atom is -0.383 e. The number of rotatable bonds is 6. The topological polar surface area (TPSA) is 39.1 Å². The molecule has 0 saturated heterocycles. The quantitative estimate of drug-likeness (QED) is 0.646. The van der Waals surface area contributed by atoms with Crippen molar-refractivity contribution < 1.29 is 13.5 Å². The van der Waals surface area contributed by atoms with Gasteiger partial charge in [-0.15, -0.1) is 0 Å². The van der Waals surface area contributed by atoms with Crippen LogP contribution in [-0.4, -0.2) is 30.0 Å². The molecular weight excluding hydrogens is 332 g/mol. The summed E-state index contributed by atoms with van der Waals surface area (Å²) >= 11 is 3.03. The lowest BCUT2D eigenvalue weighted by atomic mass is 10.3. The average Bonchev–Trinajstić information content (AvgIpc) is 2.87. The Kier molecular flexibility index (Phi) is 5.22. The van der Waals surface area contributed by atoms with Crippen LogP contribution in [0.25, 0.3) is 5.69 Å². The Hall–Kier alpha value is -1.31. The van der Waals surface area contributed by atoms with Crippen LogP contribution in [0.2, 0.25) is 0 Å². The average molecular weight is 346 g/mol. The molecule has 0 bridgehead atoms. The Bertz CT molecular complexity index is 589. The summed E-state index contributed by atoms with van der Waals surface area (Å²) < 4.78 is 33.4. The largest absolute Gasteiger partial charge is 0.383 e. The summed E-state index contributed by atoms with van der Waals surface area (Å²) in [5.41, 5.74) is 0.961. The van der Waals surface area contributed by atoms with Gasteiger partial charge in [0.15, 0.2) is 5.82 Å². The molecule has 108 valence electrons. The molecule has 0 atom stereocenters. The highest BCUT2D eigenvalue weighted by Crippen LogP contribution is 2.22. The second kappa shape index (κ2) is 6.92. The molecule has 0 fully saturated rings. The first kappa shape index (κ1) is 15.1. The zero-order valence-electron chi connectivity index (χ0n) is 10.9. The number of ether oxygens (including phenoxy) is 1. The Balaban J connectivity index is 2.10. The molecule has 0 aliphatic carbocycles. The number of hydrogen-bond acceptors (Lipinski definition) is 3. The minimum absolute atomic E-state index is 0.196. The summed E-state index contributed by atoms with van der Waals surface area (Å²) in [5, 5.41) is 7.38. The lowest BCUT2D eigenvalue weighted by molar-refractivity contribution is 0.199. The zero-order chi connectivity index (χ0) is 14.5. The maximum Gasteiger partial charge on any atom is 0.151 e. The number of benzene rings is 1. The summed E-state index contributed by atoms with van der Waals surface area (Å²) in [5.74, 6) is -1.30. The van der Waals surface area contributed by atoms with Gasteiger partial charge in [-0.25, -0.2) is 13.5 Å². The number of hydrogen-bond donors (Lipinski definition) is 1. The van der Waals surface area contributed by atoms with Gasteiger partial charge in [-0.05, 0) is 28.1 Å². The van der Waals surface area contributed by atoms with Crippen molar-refractivity contribution in [3.05, 3.63) is 46.2 Å². The zero-order valence-corrected chi connectivity index (χ0v) is 12.5. The molecular formula is C13H14BrF2N3O. The van der Waals surface area contributed by atoms with Gasteiger partial charge in [0, 0.05) is 32.5 Å². The molecule has 0 radical (unpaired) electrons. The third kappa shape index (κ3) is 3.62. The van der Waals surface area contributed by atoms with Gasteiger partial charge >= 0.3 is 0 Å². The van der Waals surface area contributed by atoms with Crippen molar-refractivity contribution in [1.82, 2.24) is 15.1 Å². The SMILES string of the molecule is COCCNCc1ccn(-c2cc(Br)c(F)cc2F)n1. The molecule has 1 aromatic heterocycles. The summed E-state index contributed by atoms with van der Waals surface area (Å²) in [4.78, 5) is 0. The minimum atomic E-state index is -0.660. The van der Waals surface area contributed by atoms with Crippen LogP contribution >= 0.6 is 15.9 Å². The van der Waals surface area contributed by atoms with E-state index in [1.807, 2.05) is 0 Å². The van der Waals surface area contributed by atoms with E-state index < -0.39 is 11.6 Å². The van der Waals surface area contributed by atoms with Crippen molar-refractivity contribution in [1.29, 1.82) is 0 Å². The van der Waals surface area contributed by atoms with Crippen LogP contribution < -0.4 is 5.32 Å². The molecule has 0 spiro atoms. The van der Waals surface area contributed by atoms with E-state index in [0.29, 0.717) is 19.7 Å². The van der Waals surface area contributed by atoms with Crippen LogP contribution in [-0.2, 0) is 11.3 Å². The molecule has 0 amide bonds. The molecule has 2 aromatic rings. The Morgan fingerprint density at radius 2 is 2.15 bits per heavy atom. The Morgan fingerprint density at radius 3 is 2.90 bits per heavy atom. The van der Waals surface area contributed by atoms with Gasteiger partial charge in [-0.3, -0.25) is 0 Å². The first-order valence-electron chi connectivity index (χ1n) is 6.01. The maximum absolute atomic E-state index is 13.7. The molecule has 0 aliphatic heterocycles. The highest BCUT2D eigenvalue weighted by atomic mass is 79.9. The summed E-state index contributed by atoms with van der Waals surface area (Å²) in [7, 11) is 1.63. The van der Waals surface area contributed by atoms with Gasteiger partial charge in [0.05, 0.1) is 16.8 Å². The van der Waals surface area contributed by atoms with E-state index in [0.717, 1.165) is 11.8 Å².